The highest BCUT2D eigenvalue weighted by Crippen LogP contribution is 2.49. The van der Waals surface area contributed by atoms with Gasteiger partial charge in [-0.05, 0) is 75.5 Å². The first kappa shape index (κ1) is 20.9. The van der Waals surface area contributed by atoms with E-state index in [0.29, 0.717) is 0 Å². The summed E-state index contributed by atoms with van der Waals surface area (Å²) in [5.74, 6) is 0. The molecule has 1 heterocycles. The van der Waals surface area contributed by atoms with Gasteiger partial charge in [-0.3, -0.25) is 4.98 Å². The number of rotatable bonds is 3. The lowest BCUT2D eigenvalue weighted by atomic mass is 9.82. The molecule has 0 fully saturated rings. The summed E-state index contributed by atoms with van der Waals surface area (Å²) < 4.78 is 0. The van der Waals surface area contributed by atoms with Crippen molar-refractivity contribution in [2.75, 3.05) is 4.90 Å². The molecule has 36 heavy (non-hydrogen) atoms. The average Bonchev–Trinajstić information content (AvgIpc) is 3.14. The molecule has 0 N–H and O–H groups in total. The lowest BCUT2D eigenvalue weighted by Crippen LogP contribution is -2.15. The maximum absolute atomic E-state index is 4.97. The standard InChI is InChI=1S/C34H26N2/c1-34(2)31-15-9-8-14-29(31)30-21-33-25(20-32(30)34)19-28(22-35-33)36(26-12-4-3-5-13-26)27-17-16-23-10-6-7-11-24(23)18-27/h3-22H,1-2H3. The first-order valence-electron chi connectivity index (χ1n) is 12.5. The summed E-state index contributed by atoms with van der Waals surface area (Å²) in [6, 6.07) is 41.4. The minimum atomic E-state index is -0.0341. The largest absolute Gasteiger partial charge is 0.309 e. The zero-order valence-electron chi connectivity index (χ0n) is 20.4. The van der Waals surface area contributed by atoms with Gasteiger partial charge in [-0.1, -0.05) is 86.6 Å². The van der Waals surface area contributed by atoms with Crippen molar-refractivity contribution in [2.45, 2.75) is 19.3 Å². The van der Waals surface area contributed by atoms with Crippen LogP contribution in [0.3, 0.4) is 0 Å². The van der Waals surface area contributed by atoms with E-state index in [1.807, 2.05) is 6.20 Å². The van der Waals surface area contributed by atoms with E-state index in [1.165, 1.54) is 33.0 Å². The second kappa shape index (κ2) is 7.79. The first-order chi connectivity index (χ1) is 17.6. The molecule has 0 saturated carbocycles. The van der Waals surface area contributed by atoms with E-state index in [2.05, 4.69) is 134 Å². The van der Waals surface area contributed by atoms with Crippen LogP contribution >= 0.6 is 0 Å². The number of pyridine rings is 1. The number of anilines is 3. The molecule has 7 rings (SSSR count). The normalized spacial score (nSPS) is 13.5. The van der Waals surface area contributed by atoms with Crippen molar-refractivity contribution in [2.24, 2.45) is 0 Å². The van der Waals surface area contributed by atoms with Crippen LogP contribution in [0.25, 0.3) is 32.8 Å². The van der Waals surface area contributed by atoms with Gasteiger partial charge in [-0.2, -0.15) is 0 Å². The van der Waals surface area contributed by atoms with E-state index < -0.39 is 0 Å². The molecule has 5 aromatic carbocycles. The van der Waals surface area contributed by atoms with Crippen LogP contribution in [0.15, 0.2) is 121 Å². The van der Waals surface area contributed by atoms with Crippen molar-refractivity contribution in [3.8, 4) is 11.1 Å². The minimum Gasteiger partial charge on any atom is -0.309 e. The Labute approximate surface area is 211 Å². The molecule has 0 aliphatic heterocycles. The Hall–Kier alpha value is -4.43. The van der Waals surface area contributed by atoms with Crippen LogP contribution in [0, 0.1) is 0 Å². The smallest absolute Gasteiger partial charge is 0.0710 e. The molecule has 0 atom stereocenters. The number of hydrogen-bond acceptors (Lipinski definition) is 2. The van der Waals surface area contributed by atoms with Crippen molar-refractivity contribution in [1.82, 2.24) is 4.98 Å². The van der Waals surface area contributed by atoms with Gasteiger partial charge < -0.3 is 4.90 Å². The number of aromatic nitrogens is 1. The van der Waals surface area contributed by atoms with Gasteiger partial charge in [0.15, 0.2) is 0 Å². The number of benzene rings is 5. The fourth-order valence-corrected chi connectivity index (χ4v) is 5.78. The van der Waals surface area contributed by atoms with Crippen LogP contribution in [0.5, 0.6) is 0 Å². The number of nitrogens with zero attached hydrogens (tertiary/aromatic N) is 2. The molecule has 2 nitrogen and oxygen atoms in total. The van der Waals surface area contributed by atoms with Crippen molar-refractivity contribution >= 4 is 38.7 Å². The lowest BCUT2D eigenvalue weighted by Gasteiger charge is -2.26. The molecular weight excluding hydrogens is 436 g/mol. The van der Waals surface area contributed by atoms with Crippen LogP contribution < -0.4 is 4.90 Å². The first-order valence-corrected chi connectivity index (χ1v) is 12.5. The molecule has 0 saturated heterocycles. The topological polar surface area (TPSA) is 16.1 Å². The Morgan fingerprint density at radius 2 is 1.25 bits per heavy atom. The maximum atomic E-state index is 4.97. The molecule has 172 valence electrons. The van der Waals surface area contributed by atoms with Gasteiger partial charge in [-0.25, -0.2) is 0 Å². The average molecular weight is 463 g/mol. The Kier molecular flexibility index (Phi) is 4.52. The summed E-state index contributed by atoms with van der Waals surface area (Å²) in [6.45, 7) is 4.65. The summed E-state index contributed by atoms with van der Waals surface area (Å²) in [7, 11) is 0. The zero-order valence-corrected chi connectivity index (χ0v) is 20.4. The quantitative estimate of drug-likeness (QED) is 0.261. The van der Waals surface area contributed by atoms with Gasteiger partial charge >= 0.3 is 0 Å². The molecule has 2 heteroatoms. The molecule has 1 aliphatic rings. The van der Waals surface area contributed by atoms with Crippen LogP contribution in [0.1, 0.15) is 25.0 Å². The van der Waals surface area contributed by atoms with Crippen molar-refractivity contribution < 1.29 is 0 Å². The molecular formula is C34H26N2. The van der Waals surface area contributed by atoms with Gasteiger partial charge in [0.2, 0.25) is 0 Å². The summed E-state index contributed by atoms with van der Waals surface area (Å²) in [5, 5.41) is 3.62. The molecule has 0 radical (unpaired) electrons. The van der Waals surface area contributed by atoms with E-state index in [1.54, 1.807) is 0 Å². The van der Waals surface area contributed by atoms with Crippen LogP contribution in [0.4, 0.5) is 17.1 Å². The highest BCUT2D eigenvalue weighted by molar-refractivity contribution is 5.95. The maximum Gasteiger partial charge on any atom is 0.0710 e. The van der Waals surface area contributed by atoms with Crippen molar-refractivity contribution in [3.05, 3.63) is 133 Å². The third kappa shape index (κ3) is 3.15. The van der Waals surface area contributed by atoms with Gasteiger partial charge in [0.05, 0.1) is 17.4 Å². The fraction of sp³-hybridized carbons (Fsp3) is 0.0882. The Morgan fingerprint density at radius 1 is 0.528 bits per heavy atom. The molecule has 0 amide bonds. The SMILES string of the molecule is CC1(C)c2ccccc2-c2cc3ncc(N(c4ccccc4)c4ccc5ccccc5c4)cc3cc21. The van der Waals surface area contributed by atoms with Gasteiger partial charge in [-0.15, -0.1) is 0 Å². The van der Waals surface area contributed by atoms with Crippen molar-refractivity contribution in [1.29, 1.82) is 0 Å². The summed E-state index contributed by atoms with van der Waals surface area (Å²) in [5.41, 5.74) is 9.66. The van der Waals surface area contributed by atoms with E-state index >= 15 is 0 Å². The number of fused-ring (bicyclic) bond motifs is 5. The van der Waals surface area contributed by atoms with E-state index in [0.717, 1.165) is 28.0 Å². The number of hydrogen-bond donors (Lipinski definition) is 0. The van der Waals surface area contributed by atoms with E-state index in [-0.39, 0.29) is 5.41 Å². The highest BCUT2D eigenvalue weighted by Gasteiger charge is 2.35. The molecule has 0 unspecified atom stereocenters. The summed E-state index contributed by atoms with van der Waals surface area (Å²) in [6.07, 6.45) is 2.00. The third-order valence-corrected chi connectivity index (χ3v) is 7.63. The number of para-hydroxylation sites is 1. The Morgan fingerprint density at radius 3 is 2.11 bits per heavy atom. The van der Waals surface area contributed by atoms with E-state index in [9.17, 15) is 0 Å². The van der Waals surface area contributed by atoms with Gasteiger partial charge in [0.1, 0.15) is 0 Å². The van der Waals surface area contributed by atoms with Crippen LogP contribution in [0.2, 0.25) is 0 Å². The lowest BCUT2D eigenvalue weighted by molar-refractivity contribution is 0.661. The fourth-order valence-electron chi connectivity index (χ4n) is 5.78. The molecule has 0 spiro atoms. The third-order valence-electron chi connectivity index (χ3n) is 7.63. The van der Waals surface area contributed by atoms with Crippen LogP contribution in [-0.2, 0) is 5.41 Å². The monoisotopic (exact) mass is 462 g/mol. The Balaban J connectivity index is 1.42. The van der Waals surface area contributed by atoms with E-state index in [4.69, 9.17) is 4.98 Å². The molecule has 1 aromatic heterocycles. The van der Waals surface area contributed by atoms with Gasteiger partial charge in [0.25, 0.3) is 0 Å². The predicted molar refractivity (Wildman–Crippen MR) is 151 cm³/mol. The van der Waals surface area contributed by atoms with Crippen molar-refractivity contribution in [3.63, 3.8) is 0 Å². The predicted octanol–water partition coefficient (Wildman–Crippen LogP) is 9.16. The summed E-state index contributed by atoms with van der Waals surface area (Å²) >= 11 is 0. The Bertz CT molecular complexity index is 1770. The second-order valence-electron chi connectivity index (χ2n) is 10.2. The summed E-state index contributed by atoms with van der Waals surface area (Å²) in [4.78, 5) is 7.27. The molecule has 0 bridgehead atoms. The zero-order chi connectivity index (χ0) is 24.3. The highest BCUT2D eigenvalue weighted by atomic mass is 15.1. The molecule has 6 aromatic rings. The van der Waals surface area contributed by atoms with Crippen LogP contribution in [-0.4, -0.2) is 4.98 Å². The molecule has 1 aliphatic carbocycles. The minimum absolute atomic E-state index is 0.0341. The second-order valence-corrected chi connectivity index (χ2v) is 10.2. The van der Waals surface area contributed by atoms with Gasteiger partial charge in [0, 0.05) is 22.2 Å².